The number of halogens is 3. The lowest BCUT2D eigenvalue weighted by Gasteiger charge is -2.03. The third-order valence-corrected chi connectivity index (χ3v) is 1.96. The SMILES string of the molecule is O=[N+]([O-])c1nc(C(F)F)cc(Cl)c1CO. The molecule has 0 unspecified atom stereocenters. The number of alkyl halides is 2. The van der Waals surface area contributed by atoms with Crippen molar-refractivity contribution in [1.82, 2.24) is 4.98 Å². The topological polar surface area (TPSA) is 76.3 Å². The monoisotopic (exact) mass is 238 g/mol. The van der Waals surface area contributed by atoms with E-state index in [9.17, 15) is 18.9 Å². The molecule has 0 bridgehead atoms. The molecule has 0 atom stereocenters. The quantitative estimate of drug-likeness (QED) is 0.646. The van der Waals surface area contributed by atoms with E-state index < -0.39 is 29.5 Å². The summed E-state index contributed by atoms with van der Waals surface area (Å²) in [4.78, 5) is 12.6. The summed E-state index contributed by atoms with van der Waals surface area (Å²) in [6.07, 6.45) is -2.95. The smallest absolute Gasteiger partial charge is 0.370 e. The van der Waals surface area contributed by atoms with Gasteiger partial charge in [-0.15, -0.1) is 0 Å². The number of aliphatic hydroxyl groups is 1. The van der Waals surface area contributed by atoms with Crippen molar-refractivity contribution in [2.75, 3.05) is 0 Å². The first-order chi connectivity index (χ1) is 6.97. The predicted octanol–water partition coefficient (Wildman–Crippen LogP) is 2.07. The van der Waals surface area contributed by atoms with Crippen LogP contribution < -0.4 is 0 Å². The highest BCUT2D eigenvalue weighted by atomic mass is 35.5. The van der Waals surface area contributed by atoms with Crippen LogP contribution >= 0.6 is 11.6 Å². The Balaban J connectivity index is 3.38. The van der Waals surface area contributed by atoms with Crippen LogP contribution in [-0.4, -0.2) is 15.0 Å². The van der Waals surface area contributed by atoms with Gasteiger partial charge in [0.05, 0.1) is 17.2 Å². The Morgan fingerprint density at radius 1 is 1.67 bits per heavy atom. The Hall–Kier alpha value is -1.34. The van der Waals surface area contributed by atoms with Crippen molar-refractivity contribution in [2.45, 2.75) is 13.0 Å². The maximum absolute atomic E-state index is 12.2. The average molecular weight is 239 g/mol. The predicted molar refractivity (Wildman–Crippen MR) is 46.8 cm³/mol. The van der Waals surface area contributed by atoms with Crippen LogP contribution in [0.1, 0.15) is 17.7 Å². The Labute approximate surface area is 87.5 Å². The highest BCUT2D eigenvalue weighted by Crippen LogP contribution is 2.29. The van der Waals surface area contributed by atoms with Crippen molar-refractivity contribution in [3.8, 4) is 0 Å². The van der Waals surface area contributed by atoms with Crippen LogP contribution in [0.2, 0.25) is 5.02 Å². The van der Waals surface area contributed by atoms with Gasteiger partial charge in [0.25, 0.3) is 0 Å². The van der Waals surface area contributed by atoms with Crippen molar-refractivity contribution >= 4 is 17.4 Å². The molecule has 0 saturated carbocycles. The van der Waals surface area contributed by atoms with Gasteiger partial charge in [-0.3, -0.25) is 0 Å². The average Bonchev–Trinajstić information content (AvgIpc) is 2.16. The summed E-state index contributed by atoms with van der Waals surface area (Å²) in [6, 6.07) is 0.796. The first-order valence-electron chi connectivity index (χ1n) is 3.70. The lowest BCUT2D eigenvalue weighted by Crippen LogP contribution is -2.03. The molecule has 0 aliphatic carbocycles. The van der Waals surface area contributed by atoms with E-state index in [4.69, 9.17) is 16.7 Å². The van der Waals surface area contributed by atoms with E-state index in [0.29, 0.717) is 0 Å². The van der Waals surface area contributed by atoms with Gasteiger partial charge in [-0.1, -0.05) is 11.6 Å². The van der Waals surface area contributed by atoms with Crippen molar-refractivity contribution in [3.05, 3.63) is 32.5 Å². The molecule has 5 nitrogen and oxygen atoms in total. The van der Waals surface area contributed by atoms with E-state index in [1.807, 2.05) is 0 Å². The molecule has 8 heteroatoms. The second kappa shape index (κ2) is 4.45. The summed E-state index contributed by atoms with van der Waals surface area (Å²) in [5.74, 6) is -0.847. The molecule has 1 aromatic rings. The van der Waals surface area contributed by atoms with Crippen molar-refractivity contribution in [3.63, 3.8) is 0 Å². The van der Waals surface area contributed by atoms with E-state index in [1.54, 1.807) is 0 Å². The Morgan fingerprint density at radius 3 is 2.67 bits per heavy atom. The molecule has 0 aliphatic heterocycles. The second-order valence-corrected chi connectivity index (χ2v) is 2.95. The number of aliphatic hydroxyl groups excluding tert-OH is 1. The molecule has 1 N–H and O–H groups in total. The van der Waals surface area contributed by atoms with Gasteiger partial charge in [-0.05, 0) is 9.91 Å². The van der Waals surface area contributed by atoms with E-state index in [1.165, 1.54) is 0 Å². The number of hydrogen-bond donors (Lipinski definition) is 1. The molecule has 0 saturated heterocycles. The van der Waals surface area contributed by atoms with Crippen LogP contribution in [0.3, 0.4) is 0 Å². The summed E-state index contributed by atoms with van der Waals surface area (Å²) in [5.41, 5.74) is -1.06. The van der Waals surface area contributed by atoms with Crippen molar-refractivity contribution in [1.29, 1.82) is 0 Å². The van der Waals surface area contributed by atoms with Gasteiger partial charge in [0.2, 0.25) is 5.69 Å². The third kappa shape index (κ3) is 2.37. The van der Waals surface area contributed by atoms with Gasteiger partial charge in [-0.25, -0.2) is 8.78 Å². The van der Waals surface area contributed by atoms with Gasteiger partial charge in [-0.2, -0.15) is 0 Å². The van der Waals surface area contributed by atoms with E-state index in [-0.39, 0.29) is 10.6 Å². The van der Waals surface area contributed by atoms with Crippen LogP contribution in [-0.2, 0) is 6.61 Å². The molecular weight excluding hydrogens is 234 g/mol. The van der Waals surface area contributed by atoms with Crippen LogP contribution in [0.4, 0.5) is 14.6 Å². The fourth-order valence-corrected chi connectivity index (χ4v) is 1.21. The molecule has 0 spiro atoms. The van der Waals surface area contributed by atoms with Gasteiger partial charge >= 0.3 is 12.2 Å². The van der Waals surface area contributed by atoms with Crippen molar-refractivity contribution in [2.24, 2.45) is 0 Å². The minimum atomic E-state index is -2.95. The molecule has 15 heavy (non-hydrogen) atoms. The molecule has 0 aliphatic rings. The fraction of sp³-hybridized carbons (Fsp3) is 0.286. The first kappa shape index (κ1) is 11.7. The Morgan fingerprint density at radius 2 is 2.27 bits per heavy atom. The normalized spacial score (nSPS) is 10.7. The number of rotatable bonds is 3. The van der Waals surface area contributed by atoms with Gasteiger partial charge in [0.15, 0.2) is 0 Å². The van der Waals surface area contributed by atoms with Gasteiger partial charge in [0.1, 0.15) is 0 Å². The summed E-state index contributed by atoms with van der Waals surface area (Å²) in [6.45, 7) is -0.730. The van der Waals surface area contributed by atoms with Crippen molar-refractivity contribution < 1.29 is 18.8 Å². The lowest BCUT2D eigenvalue weighted by molar-refractivity contribution is -0.390. The molecule has 0 fully saturated rings. The van der Waals surface area contributed by atoms with Crippen LogP contribution in [0.5, 0.6) is 0 Å². The number of pyridine rings is 1. The zero-order valence-corrected chi connectivity index (χ0v) is 7.91. The molecule has 0 aromatic carbocycles. The standard InChI is InChI=1S/C7H5ClF2N2O3/c8-4-1-5(6(9)10)11-7(12(14)15)3(4)2-13/h1,6,13H,2H2. The molecule has 0 amide bonds. The molecule has 1 aromatic heterocycles. The fourth-order valence-electron chi connectivity index (χ4n) is 0.955. The summed E-state index contributed by atoms with van der Waals surface area (Å²) in [5, 5.41) is 18.9. The Kier molecular flexibility index (Phi) is 3.48. The maximum atomic E-state index is 12.2. The number of nitro groups is 1. The van der Waals surface area contributed by atoms with Crippen LogP contribution in [0, 0.1) is 10.1 Å². The summed E-state index contributed by atoms with van der Waals surface area (Å²) >= 11 is 5.49. The Bertz CT molecular complexity index is 400. The lowest BCUT2D eigenvalue weighted by atomic mass is 10.2. The number of nitrogens with zero attached hydrogens (tertiary/aromatic N) is 2. The van der Waals surface area contributed by atoms with Crippen LogP contribution in [0.15, 0.2) is 6.07 Å². The molecule has 0 radical (unpaired) electrons. The van der Waals surface area contributed by atoms with Gasteiger partial charge < -0.3 is 15.2 Å². The largest absolute Gasteiger partial charge is 0.391 e. The highest BCUT2D eigenvalue weighted by molar-refractivity contribution is 6.31. The molecule has 1 heterocycles. The minimum Gasteiger partial charge on any atom is -0.391 e. The number of hydrogen-bond acceptors (Lipinski definition) is 4. The molecular formula is C7H5ClF2N2O3. The summed E-state index contributed by atoms with van der Waals surface area (Å²) < 4.78 is 24.4. The molecule has 1 rings (SSSR count). The second-order valence-electron chi connectivity index (χ2n) is 2.55. The highest BCUT2D eigenvalue weighted by Gasteiger charge is 2.25. The van der Waals surface area contributed by atoms with E-state index >= 15 is 0 Å². The minimum absolute atomic E-state index is 0.272. The maximum Gasteiger partial charge on any atom is 0.370 e. The summed E-state index contributed by atoms with van der Waals surface area (Å²) in [7, 11) is 0. The number of aromatic nitrogens is 1. The molecule has 82 valence electrons. The van der Waals surface area contributed by atoms with E-state index in [0.717, 1.165) is 6.07 Å². The third-order valence-electron chi connectivity index (χ3n) is 1.62. The van der Waals surface area contributed by atoms with Crippen LogP contribution in [0.25, 0.3) is 0 Å². The zero-order valence-electron chi connectivity index (χ0n) is 7.15. The van der Waals surface area contributed by atoms with E-state index in [2.05, 4.69) is 4.98 Å². The van der Waals surface area contributed by atoms with Gasteiger partial charge in [0, 0.05) is 6.07 Å². The zero-order chi connectivity index (χ0) is 11.6. The first-order valence-corrected chi connectivity index (χ1v) is 4.08.